The SMILES string of the molecule is CC(C)NC(=O)[C@]1(C/C=C/c2ccccc2)N=C(c2ccc(OCCCO)cc2)O[C@@H]1c1ccccc1N=[N+]=[N-]. The first kappa shape index (κ1) is 28.4. The van der Waals surface area contributed by atoms with E-state index in [1.54, 1.807) is 30.3 Å². The Morgan fingerprint density at radius 2 is 1.88 bits per heavy atom. The van der Waals surface area contributed by atoms with Crippen LogP contribution in [0, 0.1) is 0 Å². The molecule has 2 N–H and O–H groups in total. The third kappa shape index (κ3) is 6.69. The van der Waals surface area contributed by atoms with Crippen LogP contribution in [0.5, 0.6) is 5.75 Å². The van der Waals surface area contributed by atoms with Crippen LogP contribution in [0.2, 0.25) is 0 Å². The van der Waals surface area contributed by atoms with Gasteiger partial charge in [0.15, 0.2) is 11.6 Å². The van der Waals surface area contributed by atoms with E-state index in [0.29, 0.717) is 41.5 Å². The number of azide groups is 1. The Balaban J connectivity index is 1.79. The number of aliphatic hydroxyl groups excluding tert-OH is 1. The standard InChI is InChI=1S/C31H33N5O4/c1-22(2)33-30(38)31(19-8-12-23-10-4-3-5-11-23)28(26-13-6-7-14-27(26)35-36-32)40-29(34-31)24-15-17-25(18-16-24)39-21-9-20-37/h3-8,10-18,22,28,37H,9,19-21H2,1-2H3,(H,33,38)/b12-8+/t28-,31-/m1/s1. The van der Waals surface area contributed by atoms with E-state index in [2.05, 4.69) is 15.3 Å². The van der Waals surface area contributed by atoms with Gasteiger partial charge in [0.05, 0.1) is 6.61 Å². The van der Waals surface area contributed by atoms with E-state index < -0.39 is 11.6 Å². The zero-order chi connectivity index (χ0) is 28.4. The molecule has 0 saturated heterocycles. The quantitative estimate of drug-likeness (QED) is 0.122. The van der Waals surface area contributed by atoms with Gasteiger partial charge >= 0.3 is 0 Å². The number of rotatable bonds is 12. The van der Waals surface area contributed by atoms with Gasteiger partial charge in [-0.25, -0.2) is 4.99 Å². The molecule has 3 aromatic rings. The summed E-state index contributed by atoms with van der Waals surface area (Å²) >= 11 is 0. The summed E-state index contributed by atoms with van der Waals surface area (Å²) in [6.45, 7) is 4.24. The molecule has 40 heavy (non-hydrogen) atoms. The fraction of sp³-hybridized carbons (Fsp3) is 0.290. The molecule has 1 aliphatic rings. The number of aliphatic hydroxyl groups is 1. The topological polar surface area (TPSA) is 129 Å². The van der Waals surface area contributed by atoms with Gasteiger partial charge in [-0.1, -0.05) is 71.9 Å². The number of carbonyl (C=O) groups is 1. The van der Waals surface area contributed by atoms with E-state index in [9.17, 15) is 10.3 Å². The lowest BCUT2D eigenvalue weighted by Gasteiger charge is -2.31. The molecular formula is C31H33N5O4. The van der Waals surface area contributed by atoms with Crippen LogP contribution in [-0.4, -0.2) is 41.7 Å². The molecule has 0 radical (unpaired) electrons. The van der Waals surface area contributed by atoms with Crippen molar-refractivity contribution in [2.45, 2.75) is 44.4 Å². The Hall–Kier alpha value is -4.59. The minimum atomic E-state index is -1.37. The van der Waals surface area contributed by atoms with Gasteiger partial charge in [-0.3, -0.25) is 4.79 Å². The van der Waals surface area contributed by atoms with Crippen LogP contribution in [0.1, 0.15) is 49.5 Å². The number of benzene rings is 3. The molecule has 0 bridgehead atoms. The van der Waals surface area contributed by atoms with Crippen LogP contribution < -0.4 is 10.1 Å². The number of hydrogen-bond donors (Lipinski definition) is 2. The number of nitrogens with zero attached hydrogens (tertiary/aromatic N) is 4. The number of hydrogen-bond acceptors (Lipinski definition) is 6. The number of nitrogens with one attached hydrogen (secondary N) is 1. The van der Waals surface area contributed by atoms with Crippen LogP contribution in [0.25, 0.3) is 16.5 Å². The van der Waals surface area contributed by atoms with Crippen molar-refractivity contribution in [1.82, 2.24) is 5.32 Å². The third-order valence-corrected chi connectivity index (χ3v) is 6.36. The predicted molar refractivity (Wildman–Crippen MR) is 155 cm³/mol. The Morgan fingerprint density at radius 3 is 2.58 bits per heavy atom. The minimum absolute atomic E-state index is 0.0562. The van der Waals surface area contributed by atoms with Gasteiger partial charge in [0.2, 0.25) is 5.90 Å². The first-order valence-electron chi connectivity index (χ1n) is 13.2. The third-order valence-electron chi connectivity index (χ3n) is 6.36. The molecule has 1 aliphatic heterocycles. The molecule has 9 heteroatoms. The highest BCUT2D eigenvalue weighted by Gasteiger charge is 2.53. The minimum Gasteiger partial charge on any atom is -0.494 e. The molecule has 0 unspecified atom stereocenters. The average molecular weight is 540 g/mol. The van der Waals surface area contributed by atoms with Gasteiger partial charge in [-0.15, -0.1) is 0 Å². The second kappa shape index (κ2) is 13.5. The van der Waals surface area contributed by atoms with E-state index in [0.717, 1.165) is 5.56 Å². The van der Waals surface area contributed by atoms with Crippen molar-refractivity contribution in [3.05, 3.63) is 112 Å². The Kier molecular flexibility index (Phi) is 9.57. The number of aliphatic imine (C=N–C) groups is 1. The van der Waals surface area contributed by atoms with E-state index in [1.807, 2.05) is 74.5 Å². The highest BCUT2D eigenvalue weighted by atomic mass is 16.5. The molecule has 0 saturated carbocycles. The summed E-state index contributed by atoms with van der Waals surface area (Å²) in [5.74, 6) is 0.658. The van der Waals surface area contributed by atoms with Gasteiger partial charge < -0.3 is 19.9 Å². The van der Waals surface area contributed by atoms with Crippen LogP contribution in [0.15, 0.2) is 95.0 Å². The summed E-state index contributed by atoms with van der Waals surface area (Å²) in [4.78, 5) is 21.9. The first-order valence-corrected chi connectivity index (χ1v) is 13.2. The van der Waals surface area contributed by atoms with Crippen LogP contribution in [0.4, 0.5) is 5.69 Å². The number of carbonyl (C=O) groups excluding carboxylic acids is 1. The average Bonchev–Trinajstić information content (AvgIpc) is 3.35. The summed E-state index contributed by atoms with van der Waals surface area (Å²) in [7, 11) is 0. The summed E-state index contributed by atoms with van der Waals surface area (Å²) in [5, 5.41) is 15.9. The molecule has 4 rings (SSSR count). The normalized spacial score (nSPS) is 18.2. The maximum absolute atomic E-state index is 14.0. The molecule has 0 aliphatic carbocycles. The molecule has 0 spiro atoms. The van der Waals surface area contributed by atoms with E-state index in [1.165, 1.54) is 0 Å². The Labute approximate surface area is 233 Å². The molecule has 206 valence electrons. The van der Waals surface area contributed by atoms with E-state index in [4.69, 9.17) is 19.6 Å². The molecule has 3 aromatic carbocycles. The van der Waals surface area contributed by atoms with E-state index >= 15 is 0 Å². The summed E-state index contributed by atoms with van der Waals surface area (Å²) in [6.07, 6.45) is 3.79. The molecule has 9 nitrogen and oxygen atoms in total. The summed E-state index contributed by atoms with van der Waals surface area (Å²) in [5.41, 5.74) is 10.4. The predicted octanol–water partition coefficient (Wildman–Crippen LogP) is 6.27. The van der Waals surface area contributed by atoms with Crippen LogP contribution in [0.3, 0.4) is 0 Å². The molecular weight excluding hydrogens is 506 g/mol. The maximum Gasteiger partial charge on any atom is 0.252 e. The second-order valence-corrected chi connectivity index (χ2v) is 9.68. The molecule has 1 heterocycles. The van der Waals surface area contributed by atoms with Crippen molar-refractivity contribution in [3.8, 4) is 5.75 Å². The molecule has 1 amide bonds. The first-order chi connectivity index (χ1) is 19.5. The van der Waals surface area contributed by atoms with Crippen molar-refractivity contribution < 1.29 is 19.4 Å². The van der Waals surface area contributed by atoms with Crippen molar-refractivity contribution in [1.29, 1.82) is 0 Å². The van der Waals surface area contributed by atoms with Gasteiger partial charge in [0.1, 0.15) is 5.75 Å². The van der Waals surface area contributed by atoms with Gasteiger partial charge in [0.25, 0.3) is 5.91 Å². The lowest BCUT2D eigenvalue weighted by Crippen LogP contribution is -2.50. The highest BCUT2D eigenvalue weighted by Crippen LogP contribution is 2.45. The van der Waals surface area contributed by atoms with Crippen molar-refractivity contribution in [2.24, 2.45) is 10.1 Å². The summed E-state index contributed by atoms with van der Waals surface area (Å²) < 4.78 is 12.1. The molecule has 0 fully saturated rings. The molecule has 0 aromatic heterocycles. The lowest BCUT2D eigenvalue weighted by atomic mass is 9.83. The monoisotopic (exact) mass is 539 g/mol. The van der Waals surface area contributed by atoms with Crippen molar-refractivity contribution in [2.75, 3.05) is 13.2 Å². The van der Waals surface area contributed by atoms with Crippen molar-refractivity contribution in [3.63, 3.8) is 0 Å². The number of amides is 1. The van der Waals surface area contributed by atoms with Gasteiger partial charge in [-0.2, -0.15) is 0 Å². The lowest BCUT2D eigenvalue weighted by molar-refractivity contribution is -0.129. The van der Waals surface area contributed by atoms with Crippen molar-refractivity contribution >= 4 is 23.6 Å². The largest absolute Gasteiger partial charge is 0.494 e. The molecule has 2 atom stereocenters. The zero-order valence-electron chi connectivity index (χ0n) is 22.6. The van der Waals surface area contributed by atoms with Gasteiger partial charge in [-0.05, 0) is 49.2 Å². The Bertz CT molecular complexity index is 1400. The second-order valence-electron chi connectivity index (χ2n) is 9.68. The number of ether oxygens (including phenoxy) is 2. The Morgan fingerprint density at radius 1 is 1.15 bits per heavy atom. The van der Waals surface area contributed by atoms with E-state index in [-0.39, 0.29) is 25.0 Å². The van der Waals surface area contributed by atoms with Gasteiger partial charge in [0, 0.05) is 47.2 Å². The highest BCUT2D eigenvalue weighted by molar-refractivity contribution is 6.01. The van der Waals surface area contributed by atoms with Crippen LogP contribution >= 0.6 is 0 Å². The zero-order valence-corrected chi connectivity index (χ0v) is 22.6. The fourth-order valence-corrected chi connectivity index (χ4v) is 4.47. The van der Waals surface area contributed by atoms with Crippen LogP contribution in [-0.2, 0) is 9.53 Å². The fourth-order valence-electron chi connectivity index (χ4n) is 4.47. The maximum atomic E-state index is 14.0. The summed E-state index contributed by atoms with van der Waals surface area (Å²) in [6, 6.07) is 24.0. The smallest absolute Gasteiger partial charge is 0.252 e.